The number of urea groups is 1. The second kappa shape index (κ2) is 7.00. The van der Waals surface area contributed by atoms with Gasteiger partial charge in [0.2, 0.25) is 0 Å². The van der Waals surface area contributed by atoms with E-state index in [1.165, 1.54) is 0 Å². The van der Waals surface area contributed by atoms with E-state index in [2.05, 4.69) is 10.6 Å². The molecule has 1 unspecified atom stereocenters. The van der Waals surface area contributed by atoms with Crippen molar-refractivity contribution in [1.82, 2.24) is 10.6 Å². The van der Waals surface area contributed by atoms with E-state index in [9.17, 15) is 9.59 Å². The first-order valence-corrected chi connectivity index (χ1v) is 6.75. The van der Waals surface area contributed by atoms with Gasteiger partial charge in [0.1, 0.15) is 6.04 Å². The van der Waals surface area contributed by atoms with Crippen LogP contribution in [0.4, 0.5) is 4.79 Å². The van der Waals surface area contributed by atoms with E-state index >= 15 is 0 Å². The Morgan fingerprint density at radius 1 is 1.44 bits per heavy atom. The molecule has 0 fully saturated rings. The zero-order valence-corrected chi connectivity index (χ0v) is 11.3. The number of carbonyl (C=O) groups excluding carboxylic acids is 1. The molecule has 1 rings (SSSR count). The van der Waals surface area contributed by atoms with E-state index in [1.54, 1.807) is 11.3 Å². The molecule has 5 nitrogen and oxygen atoms in total. The topological polar surface area (TPSA) is 78.4 Å². The minimum atomic E-state index is -1.00. The van der Waals surface area contributed by atoms with Gasteiger partial charge >= 0.3 is 12.0 Å². The third-order valence-electron chi connectivity index (χ3n) is 2.50. The number of hydrogen-bond acceptors (Lipinski definition) is 3. The Labute approximate surface area is 110 Å². The molecule has 0 saturated carbocycles. The van der Waals surface area contributed by atoms with Crippen molar-refractivity contribution < 1.29 is 14.7 Å². The Morgan fingerprint density at radius 3 is 2.67 bits per heavy atom. The molecule has 1 aromatic rings. The molecule has 0 radical (unpaired) electrons. The highest BCUT2D eigenvalue weighted by molar-refractivity contribution is 7.10. The van der Waals surface area contributed by atoms with Crippen LogP contribution in [0, 0.1) is 0 Å². The molecule has 0 aliphatic carbocycles. The van der Waals surface area contributed by atoms with Crippen molar-refractivity contribution in [2.45, 2.75) is 38.8 Å². The van der Waals surface area contributed by atoms with Gasteiger partial charge in [-0.1, -0.05) is 19.4 Å². The number of nitrogens with one attached hydrogen (secondary N) is 2. The quantitative estimate of drug-likeness (QED) is 0.742. The average Bonchev–Trinajstić information content (AvgIpc) is 2.81. The molecule has 1 aromatic heterocycles. The summed E-state index contributed by atoms with van der Waals surface area (Å²) in [5, 5.41) is 16.1. The molecule has 0 spiro atoms. The van der Waals surface area contributed by atoms with Crippen LogP contribution in [-0.4, -0.2) is 23.1 Å². The maximum atomic E-state index is 11.7. The van der Waals surface area contributed by atoms with E-state index in [-0.39, 0.29) is 6.04 Å². The number of carboxylic acid groups (broad SMARTS) is 1. The third kappa shape index (κ3) is 4.37. The van der Waals surface area contributed by atoms with E-state index in [0.717, 1.165) is 4.88 Å². The van der Waals surface area contributed by atoms with Crippen molar-refractivity contribution in [3.8, 4) is 0 Å². The van der Waals surface area contributed by atoms with E-state index in [0.29, 0.717) is 12.8 Å². The van der Waals surface area contributed by atoms with Crippen LogP contribution in [0.3, 0.4) is 0 Å². The van der Waals surface area contributed by atoms with E-state index in [4.69, 9.17) is 5.11 Å². The lowest BCUT2D eigenvalue weighted by atomic mass is 10.2. The molecule has 2 amide bonds. The second-order valence-electron chi connectivity index (χ2n) is 4.03. The van der Waals surface area contributed by atoms with Gasteiger partial charge in [0.05, 0.1) is 6.04 Å². The maximum absolute atomic E-state index is 11.7. The largest absolute Gasteiger partial charge is 0.480 e. The van der Waals surface area contributed by atoms with Gasteiger partial charge < -0.3 is 15.7 Å². The van der Waals surface area contributed by atoms with Gasteiger partial charge in [0, 0.05) is 4.88 Å². The maximum Gasteiger partial charge on any atom is 0.326 e. The van der Waals surface area contributed by atoms with Crippen LogP contribution >= 0.6 is 11.3 Å². The molecule has 6 heteroatoms. The lowest BCUT2D eigenvalue weighted by molar-refractivity contribution is -0.139. The minimum Gasteiger partial charge on any atom is -0.480 e. The van der Waals surface area contributed by atoms with Gasteiger partial charge in [0.15, 0.2) is 0 Å². The molecule has 3 N–H and O–H groups in total. The number of hydrogen-bond donors (Lipinski definition) is 3. The van der Waals surface area contributed by atoms with E-state index in [1.807, 2.05) is 31.4 Å². The van der Waals surface area contributed by atoms with Crippen LogP contribution < -0.4 is 10.6 Å². The molecular formula is C12H18N2O3S. The van der Waals surface area contributed by atoms with Crippen LogP contribution in [0.25, 0.3) is 0 Å². The second-order valence-corrected chi connectivity index (χ2v) is 5.01. The minimum absolute atomic E-state index is 0.124. The smallest absolute Gasteiger partial charge is 0.326 e. The summed E-state index contributed by atoms with van der Waals surface area (Å²) in [4.78, 5) is 23.6. The summed E-state index contributed by atoms with van der Waals surface area (Å²) >= 11 is 1.55. The Balaban J connectivity index is 2.47. The van der Waals surface area contributed by atoms with Gasteiger partial charge in [-0.05, 0) is 24.8 Å². The molecular weight excluding hydrogens is 252 g/mol. The molecule has 100 valence electrons. The highest BCUT2D eigenvalue weighted by Crippen LogP contribution is 2.17. The molecule has 18 heavy (non-hydrogen) atoms. The zero-order valence-electron chi connectivity index (χ0n) is 10.5. The van der Waals surface area contributed by atoms with Crippen LogP contribution in [0.2, 0.25) is 0 Å². The number of rotatable bonds is 6. The Morgan fingerprint density at radius 2 is 2.17 bits per heavy atom. The normalized spacial score (nSPS) is 13.7. The first kappa shape index (κ1) is 14.5. The summed E-state index contributed by atoms with van der Waals surface area (Å²) in [5.74, 6) is -1.00. The first-order valence-electron chi connectivity index (χ1n) is 5.87. The summed E-state index contributed by atoms with van der Waals surface area (Å²) in [6.07, 6.45) is 1.13. The van der Waals surface area contributed by atoms with Crippen molar-refractivity contribution in [2.24, 2.45) is 0 Å². The fourth-order valence-electron chi connectivity index (χ4n) is 1.55. The number of carboxylic acids is 1. The van der Waals surface area contributed by atoms with Crippen LogP contribution in [0.1, 0.15) is 37.6 Å². The fourth-order valence-corrected chi connectivity index (χ4v) is 2.29. The Bertz CT molecular complexity index is 392. The number of carbonyl (C=O) groups is 2. The third-order valence-corrected chi connectivity index (χ3v) is 3.55. The fraction of sp³-hybridized carbons (Fsp3) is 0.500. The standard InChI is InChI=1S/C12H18N2O3S/c1-3-5-9(11(15)16)14-12(17)13-8(2)10-6-4-7-18-10/h4,6-9H,3,5H2,1-2H3,(H,15,16)(H2,13,14,17)/t8?,9-/m0/s1. The Hall–Kier alpha value is -1.56. The SMILES string of the molecule is CCC[C@H](NC(=O)NC(C)c1cccs1)C(=O)O. The highest BCUT2D eigenvalue weighted by Gasteiger charge is 2.19. The van der Waals surface area contributed by atoms with Crippen molar-refractivity contribution in [2.75, 3.05) is 0 Å². The van der Waals surface area contributed by atoms with Crippen molar-refractivity contribution in [3.63, 3.8) is 0 Å². The summed E-state index contributed by atoms with van der Waals surface area (Å²) in [6.45, 7) is 3.74. The summed E-state index contributed by atoms with van der Waals surface area (Å²) < 4.78 is 0. The van der Waals surface area contributed by atoms with Gasteiger partial charge in [0.25, 0.3) is 0 Å². The van der Waals surface area contributed by atoms with Gasteiger partial charge in [-0.2, -0.15) is 0 Å². The lowest BCUT2D eigenvalue weighted by Gasteiger charge is -2.17. The zero-order chi connectivity index (χ0) is 13.5. The summed E-state index contributed by atoms with van der Waals surface area (Å²) in [5.41, 5.74) is 0. The highest BCUT2D eigenvalue weighted by atomic mass is 32.1. The van der Waals surface area contributed by atoms with Crippen LogP contribution in [0.15, 0.2) is 17.5 Å². The van der Waals surface area contributed by atoms with E-state index < -0.39 is 18.0 Å². The molecule has 2 atom stereocenters. The van der Waals surface area contributed by atoms with Crippen LogP contribution in [-0.2, 0) is 4.79 Å². The molecule has 0 aliphatic heterocycles. The lowest BCUT2D eigenvalue weighted by Crippen LogP contribution is -2.46. The molecule has 0 aliphatic rings. The molecule has 1 heterocycles. The van der Waals surface area contributed by atoms with Crippen molar-refractivity contribution in [3.05, 3.63) is 22.4 Å². The van der Waals surface area contributed by atoms with Crippen molar-refractivity contribution >= 4 is 23.3 Å². The predicted molar refractivity (Wildman–Crippen MR) is 70.7 cm³/mol. The number of thiophene rings is 1. The number of amides is 2. The Kier molecular flexibility index (Phi) is 5.64. The summed E-state index contributed by atoms with van der Waals surface area (Å²) in [6, 6.07) is 2.44. The monoisotopic (exact) mass is 270 g/mol. The number of aliphatic carboxylic acids is 1. The van der Waals surface area contributed by atoms with Gasteiger partial charge in [-0.15, -0.1) is 11.3 Å². The van der Waals surface area contributed by atoms with Gasteiger partial charge in [-0.25, -0.2) is 9.59 Å². The average molecular weight is 270 g/mol. The molecule has 0 aromatic carbocycles. The summed E-state index contributed by atoms with van der Waals surface area (Å²) in [7, 11) is 0. The van der Waals surface area contributed by atoms with Crippen LogP contribution in [0.5, 0.6) is 0 Å². The first-order chi connectivity index (χ1) is 8.54. The predicted octanol–water partition coefficient (Wildman–Crippen LogP) is 2.36. The molecule has 0 saturated heterocycles. The van der Waals surface area contributed by atoms with Crippen molar-refractivity contribution in [1.29, 1.82) is 0 Å². The van der Waals surface area contributed by atoms with Gasteiger partial charge in [-0.3, -0.25) is 0 Å². The molecule has 0 bridgehead atoms.